The summed E-state index contributed by atoms with van der Waals surface area (Å²) in [5.41, 5.74) is -0.814. The number of nitrogens with zero attached hydrogens (tertiary/aromatic N) is 1. The molecule has 1 saturated heterocycles. The molecule has 0 amide bonds. The first-order valence-corrected chi connectivity index (χ1v) is 7.02. The standard InChI is InChI=1S/C13H20BrNO2/c1-10(2)15-7-3-5-13(16,6-8-15)12-11(14)4-9-17-12/h4,9-10,16H,3,5-8H2,1-2H3. The van der Waals surface area contributed by atoms with Gasteiger partial charge in [-0.2, -0.15) is 0 Å². The van der Waals surface area contributed by atoms with Crippen molar-refractivity contribution in [1.29, 1.82) is 0 Å². The van der Waals surface area contributed by atoms with Gasteiger partial charge in [-0.25, -0.2) is 0 Å². The molecule has 3 nitrogen and oxygen atoms in total. The van der Waals surface area contributed by atoms with Crippen LogP contribution in [0.4, 0.5) is 0 Å². The third kappa shape index (κ3) is 2.75. The highest BCUT2D eigenvalue weighted by molar-refractivity contribution is 9.10. The Morgan fingerprint density at radius 2 is 2.18 bits per heavy atom. The summed E-state index contributed by atoms with van der Waals surface area (Å²) >= 11 is 3.44. The maximum Gasteiger partial charge on any atom is 0.149 e. The molecule has 1 unspecified atom stereocenters. The lowest BCUT2D eigenvalue weighted by molar-refractivity contribution is -0.00107. The van der Waals surface area contributed by atoms with Crippen LogP contribution >= 0.6 is 15.9 Å². The summed E-state index contributed by atoms with van der Waals surface area (Å²) in [6, 6.07) is 2.38. The number of hydrogen-bond acceptors (Lipinski definition) is 3. The molecule has 0 radical (unpaired) electrons. The number of halogens is 1. The second-order valence-corrected chi connectivity index (χ2v) is 5.97. The van der Waals surface area contributed by atoms with E-state index in [0.29, 0.717) is 11.8 Å². The number of likely N-dealkylation sites (tertiary alicyclic amines) is 1. The highest BCUT2D eigenvalue weighted by atomic mass is 79.9. The van der Waals surface area contributed by atoms with E-state index >= 15 is 0 Å². The number of aliphatic hydroxyl groups is 1. The van der Waals surface area contributed by atoms with Crippen LogP contribution in [-0.2, 0) is 5.60 Å². The minimum Gasteiger partial charge on any atom is -0.465 e. The van der Waals surface area contributed by atoms with Crippen LogP contribution in [0, 0.1) is 0 Å². The van der Waals surface area contributed by atoms with E-state index in [1.807, 2.05) is 6.07 Å². The fourth-order valence-corrected chi connectivity index (χ4v) is 3.08. The zero-order chi connectivity index (χ0) is 12.5. The van der Waals surface area contributed by atoms with Crippen molar-refractivity contribution in [3.05, 3.63) is 22.6 Å². The molecule has 0 aliphatic carbocycles. The smallest absolute Gasteiger partial charge is 0.149 e. The van der Waals surface area contributed by atoms with Gasteiger partial charge in [-0.05, 0) is 61.7 Å². The second kappa shape index (κ2) is 5.12. The van der Waals surface area contributed by atoms with E-state index in [0.717, 1.165) is 36.8 Å². The Kier molecular flexibility index (Phi) is 3.95. The summed E-state index contributed by atoms with van der Waals surface area (Å²) in [6.45, 7) is 6.37. The molecule has 1 aromatic heterocycles. The SMILES string of the molecule is CC(C)N1CCCC(O)(c2occc2Br)CC1. The Bertz CT molecular complexity index is 377. The van der Waals surface area contributed by atoms with Crippen molar-refractivity contribution < 1.29 is 9.52 Å². The van der Waals surface area contributed by atoms with Crippen molar-refractivity contribution in [3.8, 4) is 0 Å². The summed E-state index contributed by atoms with van der Waals surface area (Å²) in [7, 11) is 0. The maximum atomic E-state index is 10.7. The molecule has 0 spiro atoms. The van der Waals surface area contributed by atoms with Gasteiger partial charge in [0, 0.05) is 12.6 Å². The Balaban J connectivity index is 2.15. The van der Waals surface area contributed by atoms with Crippen molar-refractivity contribution in [3.63, 3.8) is 0 Å². The zero-order valence-electron chi connectivity index (χ0n) is 10.4. The molecule has 17 heavy (non-hydrogen) atoms. The van der Waals surface area contributed by atoms with Gasteiger partial charge in [0.15, 0.2) is 0 Å². The minimum absolute atomic E-state index is 0.539. The average Bonchev–Trinajstić information content (AvgIpc) is 2.59. The van der Waals surface area contributed by atoms with Crippen molar-refractivity contribution in [2.45, 2.75) is 44.8 Å². The third-order valence-electron chi connectivity index (χ3n) is 3.62. The van der Waals surface area contributed by atoms with E-state index < -0.39 is 5.60 Å². The van der Waals surface area contributed by atoms with E-state index in [2.05, 4.69) is 34.7 Å². The van der Waals surface area contributed by atoms with Gasteiger partial charge < -0.3 is 14.4 Å². The largest absolute Gasteiger partial charge is 0.465 e. The fraction of sp³-hybridized carbons (Fsp3) is 0.692. The lowest BCUT2D eigenvalue weighted by atomic mass is 9.92. The summed E-state index contributed by atoms with van der Waals surface area (Å²) in [6.07, 6.45) is 4.13. The molecular formula is C13H20BrNO2. The summed E-state index contributed by atoms with van der Waals surface area (Å²) in [4.78, 5) is 2.41. The normalized spacial score (nSPS) is 27.4. The first-order chi connectivity index (χ1) is 8.03. The lowest BCUT2D eigenvalue weighted by Gasteiger charge is -2.26. The molecule has 1 aliphatic rings. The predicted molar refractivity (Wildman–Crippen MR) is 70.9 cm³/mol. The van der Waals surface area contributed by atoms with E-state index in [-0.39, 0.29) is 0 Å². The molecule has 1 atom stereocenters. The van der Waals surface area contributed by atoms with E-state index in [1.54, 1.807) is 6.26 Å². The van der Waals surface area contributed by atoms with Gasteiger partial charge in [-0.1, -0.05) is 0 Å². The number of hydrogen-bond donors (Lipinski definition) is 1. The first kappa shape index (κ1) is 13.1. The minimum atomic E-state index is -0.814. The molecule has 2 heterocycles. The Hall–Kier alpha value is -0.320. The van der Waals surface area contributed by atoms with Crippen molar-refractivity contribution >= 4 is 15.9 Å². The highest BCUT2D eigenvalue weighted by Gasteiger charge is 2.36. The quantitative estimate of drug-likeness (QED) is 0.912. The summed E-state index contributed by atoms with van der Waals surface area (Å²) in [5, 5.41) is 10.7. The Morgan fingerprint density at radius 1 is 1.41 bits per heavy atom. The molecule has 1 fully saturated rings. The van der Waals surface area contributed by atoms with Crippen LogP contribution in [0.3, 0.4) is 0 Å². The van der Waals surface area contributed by atoms with Crippen LogP contribution in [-0.4, -0.2) is 29.1 Å². The highest BCUT2D eigenvalue weighted by Crippen LogP contribution is 2.37. The van der Waals surface area contributed by atoms with Gasteiger partial charge in [-0.15, -0.1) is 0 Å². The number of furan rings is 1. The van der Waals surface area contributed by atoms with Crippen LogP contribution in [0.2, 0.25) is 0 Å². The molecule has 4 heteroatoms. The van der Waals surface area contributed by atoms with E-state index in [1.165, 1.54) is 0 Å². The fourth-order valence-electron chi connectivity index (χ4n) is 2.51. The van der Waals surface area contributed by atoms with Crippen molar-refractivity contribution in [2.75, 3.05) is 13.1 Å². The van der Waals surface area contributed by atoms with Gasteiger partial charge in [0.25, 0.3) is 0 Å². The van der Waals surface area contributed by atoms with Crippen molar-refractivity contribution in [2.24, 2.45) is 0 Å². The van der Waals surface area contributed by atoms with Crippen molar-refractivity contribution in [1.82, 2.24) is 4.90 Å². The van der Waals surface area contributed by atoms with Crippen LogP contribution in [0.15, 0.2) is 21.2 Å². The molecule has 1 aromatic rings. The zero-order valence-corrected chi connectivity index (χ0v) is 12.0. The predicted octanol–water partition coefficient (Wildman–Crippen LogP) is 3.12. The summed E-state index contributed by atoms with van der Waals surface area (Å²) < 4.78 is 6.32. The van der Waals surface area contributed by atoms with Gasteiger partial charge in [0.1, 0.15) is 11.4 Å². The van der Waals surface area contributed by atoms with Crippen LogP contribution in [0.1, 0.15) is 38.9 Å². The molecule has 0 bridgehead atoms. The van der Waals surface area contributed by atoms with Gasteiger partial charge in [0.2, 0.25) is 0 Å². The monoisotopic (exact) mass is 301 g/mol. The van der Waals surface area contributed by atoms with Gasteiger partial charge in [0.05, 0.1) is 10.7 Å². The Labute approximate surface area is 111 Å². The molecule has 0 saturated carbocycles. The average molecular weight is 302 g/mol. The second-order valence-electron chi connectivity index (χ2n) is 5.11. The van der Waals surface area contributed by atoms with Gasteiger partial charge in [-0.3, -0.25) is 0 Å². The molecule has 2 rings (SSSR count). The first-order valence-electron chi connectivity index (χ1n) is 6.23. The maximum absolute atomic E-state index is 10.7. The Morgan fingerprint density at radius 3 is 2.76 bits per heavy atom. The summed E-state index contributed by atoms with van der Waals surface area (Å²) in [5.74, 6) is 0.683. The molecule has 1 aliphatic heterocycles. The van der Waals surface area contributed by atoms with Crippen LogP contribution in [0.5, 0.6) is 0 Å². The third-order valence-corrected chi connectivity index (χ3v) is 4.24. The molecule has 1 N–H and O–H groups in total. The van der Waals surface area contributed by atoms with Gasteiger partial charge >= 0.3 is 0 Å². The topological polar surface area (TPSA) is 36.6 Å². The van der Waals surface area contributed by atoms with E-state index in [4.69, 9.17) is 4.42 Å². The number of rotatable bonds is 2. The molecule has 0 aromatic carbocycles. The van der Waals surface area contributed by atoms with Crippen LogP contribution in [0.25, 0.3) is 0 Å². The van der Waals surface area contributed by atoms with E-state index in [9.17, 15) is 5.11 Å². The van der Waals surface area contributed by atoms with Crippen LogP contribution < -0.4 is 0 Å². The molecule has 96 valence electrons. The molecular weight excluding hydrogens is 282 g/mol. The lowest BCUT2D eigenvalue weighted by Crippen LogP contribution is -2.33.